The van der Waals surface area contributed by atoms with E-state index >= 15 is 0 Å². The van der Waals surface area contributed by atoms with E-state index in [-0.39, 0.29) is 0 Å². The molecule has 1 aromatic rings. The number of allylic oxidation sites excluding steroid dienone is 2. The summed E-state index contributed by atoms with van der Waals surface area (Å²) in [4.78, 5) is 16.5. The third kappa shape index (κ3) is 5.54. The second kappa shape index (κ2) is 10.5. The molecular formula is C26H39NO3S. The highest BCUT2D eigenvalue weighted by molar-refractivity contribution is 7.15. The van der Waals surface area contributed by atoms with Crippen molar-refractivity contribution in [2.24, 2.45) is 11.8 Å². The summed E-state index contributed by atoms with van der Waals surface area (Å²) in [6.07, 6.45) is 16.9. The SMILES string of the molecule is COC1CCC(N(CC2CCC(C)CC2)c2cc(C3=CCCCC3)sc2C(=O)O)CC1. The number of methoxy groups -OCH3 is 1. The van der Waals surface area contributed by atoms with Crippen LogP contribution in [-0.4, -0.2) is 36.9 Å². The second-order valence-electron chi connectivity index (χ2n) is 10.0. The van der Waals surface area contributed by atoms with Gasteiger partial charge >= 0.3 is 5.97 Å². The Bertz CT molecular complexity index is 770. The number of thiophene rings is 1. The minimum Gasteiger partial charge on any atom is -0.477 e. The maximum absolute atomic E-state index is 12.3. The smallest absolute Gasteiger partial charge is 0.348 e. The van der Waals surface area contributed by atoms with E-state index in [4.69, 9.17) is 4.74 Å². The quantitative estimate of drug-likeness (QED) is 0.491. The van der Waals surface area contributed by atoms with Crippen LogP contribution in [0.5, 0.6) is 0 Å². The average Bonchev–Trinajstić information content (AvgIpc) is 3.25. The lowest BCUT2D eigenvalue weighted by molar-refractivity contribution is 0.0647. The van der Waals surface area contributed by atoms with Crippen LogP contribution in [0.15, 0.2) is 12.1 Å². The van der Waals surface area contributed by atoms with Crippen LogP contribution in [0.2, 0.25) is 0 Å². The zero-order valence-corrected chi connectivity index (χ0v) is 20.1. The molecule has 0 saturated heterocycles. The summed E-state index contributed by atoms with van der Waals surface area (Å²) in [5.74, 6) is 0.744. The van der Waals surface area contributed by atoms with Gasteiger partial charge in [-0.15, -0.1) is 11.3 Å². The zero-order chi connectivity index (χ0) is 21.8. The van der Waals surface area contributed by atoms with Gasteiger partial charge < -0.3 is 14.7 Å². The summed E-state index contributed by atoms with van der Waals surface area (Å²) in [5, 5.41) is 10.1. The monoisotopic (exact) mass is 445 g/mol. The molecule has 0 amide bonds. The van der Waals surface area contributed by atoms with Gasteiger partial charge in [0.25, 0.3) is 0 Å². The number of aromatic carboxylic acids is 1. The fourth-order valence-electron chi connectivity index (χ4n) is 5.79. The molecule has 0 atom stereocenters. The van der Waals surface area contributed by atoms with Gasteiger partial charge in [-0.2, -0.15) is 0 Å². The maximum atomic E-state index is 12.3. The molecule has 4 nitrogen and oxygen atoms in total. The first-order valence-corrected chi connectivity index (χ1v) is 13.2. The third-order valence-corrected chi connectivity index (χ3v) is 9.02. The van der Waals surface area contributed by atoms with Gasteiger partial charge in [0, 0.05) is 24.6 Å². The number of rotatable bonds is 7. The molecule has 3 aliphatic rings. The molecule has 0 aliphatic heterocycles. The number of carboxylic acids is 1. The molecule has 0 spiro atoms. The molecule has 1 aromatic heterocycles. The van der Waals surface area contributed by atoms with Crippen LogP contribution < -0.4 is 4.90 Å². The topological polar surface area (TPSA) is 49.8 Å². The van der Waals surface area contributed by atoms with Gasteiger partial charge in [-0.25, -0.2) is 4.79 Å². The summed E-state index contributed by atoms with van der Waals surface area (Å²) in [5.41, 5.74) is 2.35. The minimum absolute atomic E-state index is 0.359. The van der Waals surface area contributed by atoms with Gasteiger partial charge in [-0.3, -0.25) is 0 Å². The van der Waals surface area contributed by atoms with Gasteiger partial charge in [0.2, 0.25) is 0 Å². The van der Waals surface area contributed by atoms with Crippen molar-refractivity contribution in [3.63, 3.8) is 0 Å². The molecule has 1 N–H and O–H groups in total. The number of hydrogen-bond acceptors (Lipinski definition) is 4. The Hall–Kier alpha value is -1.33. The molecule has 0 bridgehead atoms. The van der Waals surface area contributed by atoms with E-state index in [1.54, 1.807) is 0 Å². The highest BCUT2D eigenvalue weighted by Crippen LogP contribution is 2.41. The van der Waals surface area contributed by atoms with E-state index in [0.717, 1.165) is 56.7 Å². The molecule has 2 saturated carbocycles. The lowest BCUT2D eigenvalue weighted by Gasteiger charge is -2.41. The van der Waals surface area contributed by atoms with E-state index in [0.29, 0.717) is 22.9 Å². The van der Waals surface area contributed by atoms with Crippen molar-refractivity contribution in [3.8, 4) is 0 Å². The number of hydrogen-bond donors (Lipinski definition) is 1. The Morgan fingerprint density at radius 1 is 1.13 bits per heavy atom. The molecule has 3 aliphatic carbocycles. The van der Waals surface area contributed by atoms with Gasteiger partial charge in [0.1, 0.15) is 4.88 Å². The van der Waals surface area contributed by atoms with Crippen molar-refractivity contribution >= 4 is 28.6 Å². The van der Waals surface area contributed by atoms with Crippen molar-refractivity contribution in [1.29, 1.82) is 0 Å². The predicted molar refractivity (Wildman–Crippen MR) is 129 cm³/mol. The van der Waals surface area contributed by atoms with Gasteiger partial charge in [-0.05, 0) is 87.7 Å². The summed E-state index contributed by atoms with van der Waals surface area (Å²) in [6, 6.07) is 2.64. The molecule has 0 unspecified atom stereocenters. The van der Waals surface area contributed by atoms with E-state index in [1.165, 1.54) is 60.3 Å². The second-order valence-corrected chi connectivity index (χ2v) is 11.1. The summed E-state index contributed by atoms with van der Waals surface area (Å²) < 4.78 is 5.61. The Balaban J connectivity index is 1.62. The molecule has 1 heterocycles. The predicted octanol–water partition coefficient (Wildman–Crippen LogP) is 6.99. The minimum atomic E-state index is -0.768. The molecule has 4 rings (SSSR count). The van der Waals surface area contributed by atoms with Crippen molar-refractivity contribution in [3.05, 3.63) is 21.9 Å². The molecule has 0 aromatic carbocycles. The Morgan fingerprint density at radius 3 is 2.48 bits per heavy atom. The van der Waals surface area contributed by atoms with E-state index < -0.39 is 5.97 Å². The first-order valence-electron chi connectivity index (χ1n) is 12.4. The standard InChI is InChI=1S/C26H39NO3S/c1-18-8-10-19(11-9-18)17-27(21-12-14-22(30-2)15-13-21)23-16-24(31-25(23)26(28)29)20-6-4-3-5-7-20/h6,16,18-19,21-22H,3-5,7-15,17H2,1-2H3,(H,28,29). The third-order valence-electron chi connectivity index (χ3n) is 7.83. The zero-order valence-electron chi connectivity index (χ0n) is 19.3. The van der Waals surface area contributed by atoms with Crippen LogP contribution in [0.25, 0.3) is 5.57 Å². The highest BCUT2D eigenvalue weighted by Gasteiger charge is 2.32. The molecule has 31 heavy (non-hydrogen) atoms. The Labute approximate surface area is 191 Å². The maximum Gasteiger partial charge on any atom is 0.348 e. The normalized spacial score (nSPS) is 29.4. The van der Waals surface area contributed by atoms with Crippen molar-refractivity contribution in [2.75, 3.05) is 18.6 Å². The fourth-order valence-corrected chi connectivity index (χ4v) is 6.87. The van der Waals surface area contributed by atoms with E-state index in [2.05, 4.69) is 24.0 Å². The molecule has 2 fully saturated rings. The molecule has 0 radical (unpaired) electrons. The molecular weight excluding hydrogens is 406 g/mol. The average molecular weight is 446 g/mol. The number of carbonyl (C=O) groups is 1. The summed E-state index contributed by atoms with van der Waals surface area (Å²) >= 11 is 1.50. The Kier molecular flexibility index (Phi) is 7.76. The van der Waals surface area contributed by atoms with Crippen LogP contribution in [0.3, 0.4) is 0 Å². The number of anilines is 1. The number of ether oxygens (including phenoxy) is 1. The van der Waals surface area contributed by atoms with Gasteiger partial charge in [-0.1, -0.05) is 25.8 Å². The summed E-state index contributed by atoms with van der Waals surface area (Å²) in [7, 11) is 1.82. The van der Waals surface area contributed by atoms with Crippen LogP contribution in [0.1, 0.15) is 98.5 Å². The largest absolute Gasteiger partial charge is 0.477 e. The van der Waals surface area contributed by atoms with Crippen molar-refractivity contribution < 1.29 is 14.6 Å². The molecule has 5 heteroatoms. The van der Waals surface area contributed by atoms with E-state index in [1.807, 2.05) is 7.11 Å². The highest BCUT2D eigenvalue weighted by atomic mass is 32.1. The fraction of sp³-hybridized carbons (Fsp3) is 0.731. The van der Waals surface area contributed by atoms with Gasteiger partial charge in [0.15, 0.2) is 0 Å². The van der Waals surface area contributed by atoms with E-state index in [9.17, 15) is 9.90 Å². The lowest BCUT2D eigenvalue weighted by atomic mass is 9.82. The Morgan fingerprint density at radius 2 is 1.87 bits per heavy atom. The number of carboxylic acid groups (broad SMARTS) is 1. The first-order chi connectivity index (χ1) is 15.0. The van der Waals surface area contributed by atoms with Crippen molar-refractivity contribution in [2.45, 2.75) is 96.1 Å². The number of nitrogens with zero attached hydrogens (tertiary/aromatic N) is 1. The van der Waals surface area contributed by atoms with Crippen LogP contribution in [0.4, 0.5) is 5.69 Å². The van der Waals surface area contributed by atoms with Crippen LogP contribution in [-0.2, 0) is 4.74 Å². The van der Waals surface area contributed by atoms with Crippen LogP contribution in [0, 0.1) is 11.8 Å². The summed E-state index contributed by atoms with van der Waals surface area (Å²) in [6.45, 7) is 3.37. The van der Waals surface area contributed by atoms with Gasteiger partial charge in [0.05, 0.1) is 11.8 Å². The van der Waals surface area contributed by atoms with Crippen LogP contribution >= 0.6 is 11.3 Å². The first kappa shape index (κ1) is 22.8. The molecule has 172 valence electrons. The van der Waals surface area contributed by atoms with Crippen molar-refractivity contribution in [1.82, 2.24) is 0 Å². The lowest BCUT2D eigenvalue weighted by Crippen LogP contribution is -2.43.